The molecule has 2 N–H and O–H groups in total. The standard InChI is InChI=1S/C10H13N3O2S2/c1-6-4-16-10(11-6)17-5-8(14)13-9(15)12-7-2-3-7/h4,7H,2-3,5H2,1H3,(H2,12,13,14,15). The van der Waals surface area contributed by atoms with Crippen LogP contribution in [0.15, 0.2) is 9.72 Å². The second-order valence-electron chi connectivity index (χ2n) is 3.84. The number of amides is 3. The lowest BCUT2D eigenvalue weighted by Crippen LogP contribution is -2.41. The number of carbonyl (C=O) groups excluding carboxylic acids is 2. The number of imide groups is 1. The van der Waals surface area contributed by atoms with Gasteiger partial charge in [0, 0.05) is 17.1 Å². The van der Waals surface area contributed by atoms with Crippen molar-refractivity contribution in [1.82, 2.24) is 15.6 Å². The van der Waals surface area contributed by atoms with Gasteiger partial charge in [0.1, 0.15) is 0 Å². The molecule has 0 aromatic carbocycles. The van der Waals surface area contributed by atoms with Gasteiger partial charge in [-0.25, -0.2) is 9.78 Å². The highest BCUT2D eigenvalue weighted by Gasteiger charge is 2.23. The van der Waals surface area contributed by atoms with E-state index in [2.05, 4.69) is 15.6 Å². The lowest BCUT2D eigenvalue weighted by molar-refractivity contribution is -0.117. The molecular weight excluding hydrogens is 258 g/mol. The van der Waals surface area contributed by atoms with E-state index in [4.69, 9.17) is 0 Å². The molecule has 0 atom stereocenters. The number of carbonyl (C=O) groups is 2. The van der Waals surface area contributed by atoms with Gasteiger partial charge in [-0.1, -0.05) is 11.8 Å². The van der Waals surface area contributed by atoms with Crippen molar-refractivity contribution in [2.75, 3.05) is 5.75 Å². The van der Waals surface area contributed by atoms with Crippen LogP contribution >= 0.6 is 23.1 Å². The molecule has 0 unspecified atom stereocenters. The van der Waals surface area contributed by atoms with Crippen molar-refractivity contribution in [2.45, 2.75) is 30.1 Å². The average Bonchev–Trinajstić information content (AvgIpc) is 2.96. The number of thiazole rings is 1. The van der Waals surface area contributed by atoms with Crippen LogP contribution in [0, 0.1) is 6.92 Å². The van der Waals surface area contributed by atoms with E-state index in [1.54, 1.807) is 0 Å². The van der Waals surface area contributed by atoms with E-state index < -0.39 is 6.03 Å². The van der Waals surface area contributed by atoms with Gasteiger partial charge in [-0.2, -0.15) is 0 Å². The van der Waals surface area contributed by atoms with Crippen molar-refractivity contribution < 1.29 is 9.59 Å². The number of thioether (sulfide) groups is 1. The Hall–Kier alpha value is -1.08. The van der Waals surface area contributed by atoms with Gasteiger partial charge in [0.25, 0.3) is 0 Å². The minimum absolute atomic E-state index is 0.213. The molecule has 0 saturated heterocycles. The van der Waals surface area contributed by atoms with Gasteiger partial charge in [0.05, 0.1) is 5.75 Å². The second-order valence-corrected chi connectivity index (χ2v) is 5.92. The van der Waals surface area contributed by atoms with Crippen LogP contribution in [0.5, 0.6) is 0 Å². The average molecular weight is 271 g/mol. The fraction of sp³-hybridized carbons (Fsp3) is 0.500. The Bertz CT molecular complexity index is 429. The smallest absolute Gasteiger partial charge is 0.321 e. The largest absolute Gasteiger partial charge is 0.335 e. The van der Waals surface area contributed by atoms with Crippen molar-refractivity contribution in [3.8, 4) is 0 Å². The molecule has 92 valence electrons. The number of hydrogen-bond donors (Lipinski definition) is 2. The molecule has 0 bridgehead atoms. The Labute approximate surface area is 107 Å². The third-order valence-electron chi connectivity index (χ3n) is 2.09. The van der Waals surface area contributed by atoms with Crippen LogP contribution in [0.1, 0.15) is 18.5 Å². The van der Waals surface area contributed by atoms with E-state index in [1.165, 1.54) is 23.1 Å². The summed E-state index contributed by atoms with van der Waals surface area (Å²) in [4.78, 5) is 26.9. The minimum Gasteiger partial charge on any atom is -0.335 e. The van der Waals surface area contributed by atoms with E-state index in [0.717, 1.165) is 22.9 Å². The fourth-order valence-corrected chi connectivity index (χ4v) is 2.79. The summed E-state index contributed by atoms with van der Waals surface area (Å²) in [6.07, 6.45) is 2.02. The van der Waals surface area contributed by atoms with E-state index in [1.807, 2.05) is 12.3 Å². The van der Waals surface area contributed by atoms with E-state index in [9.17, 15) is 9.59 Å². The third kappa shape index (κ3) is 4.35. The summed E-state index contributed by atoms with van der Waals surface area (Å²) in [5.41, 5.74) is 0.949. The van der Waals surface area contributed by atoms with Gasteiger partial charge in [-0.3, -0.25) is 10.1 Å². The zero-order valence-electron chi connectivity index (χ0n) is 9.36. The zero-order valence-corrected chi connectivity index (χ0v) is 11.0. The van der Waals surface area contributed by atoms with Crippen LogP contribution in [-0.4, -0.2) is 28.7 Å². The first-order valence-electron chi connectivity index (χ1n) is 5.29. The van der Waals surface area contributed by atoms with Crippen molar-refractivity contribution in [2.24, 2.45) is 0 Å². The molecule has 1 saturated carbocycles. The van der Waals surface area contributed by atoms with E-state index in [0.29, 0.717) is 0 Å². The highest BCUT2D eigenvalue weighted by atomic mass is 32.2. The Morgan fingerprint density at radius 3 is 2.94 bits per heavy atom. The molecule has 2 rings (SSSR count). The van der Waals surface area contributed by atoms with Gasteiger partial charge in [-0.15, -0.1) is 11.3 Å². The molecule has 1 aromatic rings. The second kappa shape index (κ2) is 5.50. The summed E-state index contributed by atoms with van der Waals surface area (Å²) in [5, 5.41) is 6.92. The van der Waals surface area contributed by atoms with E-state index >= 15 is 0 Å². The number of hydrogen-bond acceptors (Lipinski definition) is 5. The predicted molar refractivity (Wildman–Crippen MR) is 67.3 cm³/mol. The van der Waals surface area contributed by atoms with E-state index in [-0.39, 0.29) is 17.7 Å². The Kier molecular flexibility index (Phi) is 4.01. The first-order valence-corrected chi connectivity index (χ1v) is 7.15. The molecule has 7 heteroatoms. The van der Waals surface area contributed by atoms with Gasteiger partial charge < -0.3 is 5.32 Å². The number of aryl methyl sites for hydroxylation is 1. The lowest BCUT2D eigenvalue weighted by Gasteiger charge is -2.04. The molecule has 1 aliphatic carbocycles. The first-order chi connectivity index (χ1) is 8.13. The van der Waals surface area contributed by atoms with Crippen molar-refractivity contribution >= 4 is 35.0 Å². The number of nitrogens with zero attached hydrogens (tertiary/aromatic N) is 1. The number of rotatable bonds is 4. The molecule has 0 spiro atoms. The van der Waals surface area contributed by atoms with Gasteiger partial charge >= 0.3 is 6.03 Å². The normalized spacial score (nSPS) is 14.4. The van der Waals surface area contributed by atoms with Crippen LogP contribution < -0.4 is 10.6 Å². The Morgan fingerprint density at radius 1 is 1.59 bits per heavy atom. The molecule has 1 aliphatic rings. The highest BCUT2D eigenvalue weighted by Crippen LogP contribution is 2.21. The van der Waals surface area contributed by atoms with Crippen molar-refractivity contribution in [1.29, 1.82) is 0 Å². The fourth-order valence-electron chi connectivity index (χ4n) is 1.14. The minimum atomic E-state index is -0.395. The van der Waals surface area contributed by atoms with Crippen LogP contribution in [0.2, 0.25) is 0 Å². The molecule has 0 aliphatic heterocycles. The maximum Gasteiger partial charge on any atom is 0.321 e. The summed E-state index contributed by atoms with van der Waals surface area (Å²) < 4.78 is 0.847. The van der Waals surface area contributed by atoms with Crippen LogP contribution in [0.4, 0.5) is 4.79 Å². The SMILES string of the molecule is Cc1csc(SCC(=O)NC(=O)NC2CC2)n1. The highest BCUT2D eigenvalue weighted by molar-refractivity contribution is 8.01. The van der Waals surface area contributed by atoms with Crippen LogP contribution in [0.25, 0.3) is 0 Å². The summed E-state index contributed by atoms with van der Waals surface area (Å²) in [5.74, 6) is -0.0774. The number of nitrogens with one attached hydrogen (secondary N) is 2. The molecule has 1 heterocycles. The molecular formula is C10H13N3O2S2. The third-order valence-corrected chi connectivity index (χ3v) is 4.23. The number of aromatic nitrogens is 1. The predicted octanol–water partition coefficient (Wildman–Crippen LogP) is 1.53. The topological polar surface area (TPSA) is 71.1 Å². The molecule has 1 fully saturated rings. The summed E-state index contributed by atoms with van der Waals surface area (Å²) in [7, 11) is 0. The number of urea groups is 1. The monoisotopic (exact) mass is 271 g/mol. The zero-order chi connectivity index (χ0) is 12.3. The maximum atomic E-state index is 11.4. The van der Waals surface area contributed by atoms with Gasteiger partial charge in [-0.05, 0) is 19.8 Å². The summed E-state index contributed by atoms with van der Waals surface area (Å²) in [6, 6.07) is -0.134. The lowest BCUT2D eigenvalue weighted by atomic mass is 10.6. The molecule has 5 nitrogen and oxygen atoms in total. The van der Waals surface area contributed by atoms with Crippen molar-refractivity contribution in [3.05, 3.63) is 11.1 Å². The first kappa shape index (κ1) is 12.4. The van der Waals surface area contributed by atoms with Crippen LogP contribution in [-0.2, 0) is 4.79 Å². The van der Waals surface area contributed by atoms with Gasteiger partial charge in [0.2, 0.25) is 5.91 Å². The molecule has 3 amide bonds. The molecule has 17 heavy (non-hydrogen) atoms. The maximum absolute atomic E-state index is 11.4. The van der Waals surface area contributed by atoms with Crippen LogP contribution in [0.3, 0.4) is 0 Å². The summed E-state index contributed by atoms with van der Waals surface area (Å²) >= 11 is 2.84. The molecule has 1 aromatic heterocycles. The summed E-state index contributed by atoms with van der Waals surface area (Å²) in [6.45, 7) is 1.91. The Balaban J connectivity index is 1.67. The molecule has 0 radical (unpaired) electrons. The van der Waals surface area contributed by atoms with Crippen molar-refractivity contribution in [3.63, 3.8) is 0 Å². The van der Waals surface area contributed by atoms with Gasteiger partial charge in [0.15, 0.2) is 4.34 Å². The quantitative estimate of drug-likeness (QED) is 0.815. The Morgan fingerprint density at radius 2 is 2.35 bits per heavy atom.